The second-order valence-corrected chi connectivity index (χ2v) is 8.29. The fraction of sp³-hybridized carbons (Fsp3) is 0.611. The van der Waals surface area contributed by atoms with E-state index in [0.29, 0.717) is 38.6 Å². The molecule has 0 saturated carbocycles. The van der Waals surface area contributed by atoms with Crippen LogP contribution in [0.25, 0.3) is 0 Å². The van der Waals surface area contributed by atoms with E-state index in [1.165, 1.54) is 9.87 Å². The third-order valence-electron chi connectivity index (χ3n) is 3.77. The highest BCUT2D eigenvalue weighted by atomic mass is 32.2. The standard InChI is InChI=1S/C18H32N4O3S/c1-5-19-18(20-12-7-14-22(4)26(23,24)6-2)21-13-15-25-17-10-8-16(3)9-11-17/h8-11H,5-7,12-15H2,1-4H3,(H2,19,20,21). The molecule has 148 valence electrons. The third kappa shape index (κ3) is 8.53. The molecule has 8 heteroatoms. The Hall–Kier alpha value is -1.80. The second kappa shape index (κ2) is 11.7. The highest BCUT2D eigenvalue weighted by Crippen LogP contribution is 2.10. The summed E-state index contributed by atoms with van der Waals surface area (Å²) < 4.78 is 30.4. The van der Waals surface area contributed by atoms with Crippen LogP contribution in [-0.4, -0.2) is 64.3 Å². The van der Waals surface area contributed by atoms with Gasteiger partial charge in [0, 0.05) is 26.7 Å². The first-order chi connectivity index (χ1) is 12.4. The monoisotopic (exact) mass is 384 g/mol. The van der Waals surface area contributed by atoms with Crippen LogP contribution in [0.2, 0.25) is 0 Å². The van der Waals surface area contributed by atoms with Crippen molar-refractivity contribution >= 4 is 16.0 Å². The van der Waals surface area contributed by atoms with Crippen molar-refractivity contribution < 1.29 is 13.2 Å². The van der Waals surface area contributed by atoms with Gasteiger partial charge in [-0.05, 0) is 39.3 Å². The van der Waals surface area contributed by atoms with Gasteiger partial charge in [0.1, 0.15) is 12.4 Å². The molecule has 26 heavy (non-hydrogen) atoms. The Morgan fingerprint density at radius 2 is 1.88 bits per heavy atom. The van der Waals surface area contributed by atoms with Crippen LogP contribution in [0.15, 0.2) is 29.3 Å². The lowest BCUT2D eigenvalue weighted by Gasteiger charge is -2.15. The molecule has 1 aromatic rings. The number of aliphatic imine (C=N–C) groups is 1. The highest BCUT2D eigenvalue weighted by Gasteiger charge is 2.13. The van der Waals surface area contributed by atoms with Crippen LogP contribution in [0.3, 0.4) is 0 Å². The van der Waals surface area contributed by atoms with Gasteiger partial charge in [0.2, 0.25) is 10.0 Å². The zero-order chi connectivity index (χ0) is 19.4. The molecule has 0 atom stereocenters. The van der Waals surface area contributed by atoms with Gasteiger partial charge in [-0.3, -0.25) is 4.99 Å². The van der Waals surface area contributed by atoms with Crippen molar-refractivity contribution in [1.82, 2.24) is 14.9 Å². The van der Waals surface area contributed by atoms with Crippen molar-refractivity contribution in [3.63, 3.8) is 0 Å². The topological polar surface area (TPSA) is 83.0 Å². The average molecular weight is 385 g/mol. The molecule has 0 fully saturated rings. The van der Waals surface area contributed by atoms with Crippen LogP contribution in [0.4, 0.5) is 0 Å². The summed E-state index contributed by atoms with van der Waals surface area (Å²) in [5, 5.41) is 6.38. The summed E-state index contributed by atoms with van der Waals surface area (Å²) in [5.41, 5.74) is 1.20. The third-order valence-corrected chi connectivity index (χ3v) is 5.63. The average Bonchev–Trinajstić information content (AvgIpc) is 2.63. The van der Waals surface area contributed by atoms with E-state index in [4.69, 9.17) is 4.74 Å². The first kappa shape index (κ1) is 22.2. The van der Waals surface area contributed by atoms with E-state index in [1.54, 1.807) is 14.0 Å². The van der Waals surface area contributed by atoms with Crippen LogP contribution in [0.5, 0.6) is 5.75 Å². The molecule has 1 rings (SSSR count). The summed E-state index contributed by atoms with van der Waals surface area (Å²) in [6.45, 7) is 8.63. The predicted octanol–water partition coefficient (Wildman–Crippen LogP) is 1.60. The molecule has 0 radical (unpaired) electrons. The molecule has 0 aliphatic carbocycles. The smallest absolute Gasteiger partial charge is 0.213 e. The second-order valence-electron chi connectivity index (χ2n) is 5.92. The van der Waals surface area contributed by atoms with Gasteiger partial charge in [-0.25, -0.2) is 12.7 Å². The molecule has 0 spiro atoms. The normalized spacial score (nSPS) is 12.3. The SMILES string of the molecule is CCNC(=NCCCN(C)S(=O)(=O)CC)NCCOc1ccc(C)cc1. The van der Waals surface area contributed by atoms with Crippen LogP contribution < -0.4 is 15.4 Å². The Morgan fingerprint density at radius 3 is 2.50 bits per heavy atom. The van der Waals surface area contributed by atoms with Crippen LogP contribution in [0, 0.1) is 6.92 Å². The summed E-state index contributed by atoms with van der Waals surface area (Å²) in [5.74, 6) is 1.68. The quantitative estimate of drug-likeness (QED) is 0.344. The fourth-order valence-electron chi connectivity index (χ4n) is 2.16. The molecule has 0 unspecified atom stereocenters. The minimum atomic E-state index is -3.12. The predicted molar refractivity (Wildman–Crippen MR) is 107 cm³/mol. The lowest BCUT2D eigenvalue weighted by atomic mass is 10.2. The number of ether oxygens (including phenoxy) is 1. The lowest BCUT2D eigenvalue weighted by molar-refractivity contribution is 0.322. The molecule has 0 aliphatic rings. The molecule has 0 aromatic heterocycles. The molecule has 0 aliphatic heterocycles. The molecule has 0 amide bonds. The Kier molecular flexibility index (Phi) is 10.0. The maximum absolute atomic E-state index is 11.7. The number of rotatable bonds is 11. The fourth-order valence-corrected chi connectivity index (χ4v) is 3.01. The van der Waals surface area contributed by atoms with Gasteiger partial charge in [-0.1, -0.05) is 17.7 Å². The Bertz CT molecular complexity index is 645. The molecule has 1 aromatic carbocycles. The number of benzene rings is 1. The summed E-state index contributed by atoms with van der Waals surface area (Å²) in [4.78, 5) is 4.47. The molecule has 0 bridgehead atoms. The van der Waals surface area contributed by atoms with Gasteiger partial charge in [0.15, 0.2) is 5.96 Å². The Morgan fingerprint density at radius 1 is 1.19 bits per heavy atom. The number of guanidine groups is 1. The first-order valence-electron chi connectivity index (χ1n) is 9.04. The van der Waals surface area contributed by atoms with Gasteiger partial charge in [-0.2, -0.15) is 0 Å². The summed E-state index contributed by atoms with van der Waals surface area (Å²) >= 11 is 0. The molecule has 2 N–H and O–H groups in total. The number of nitrogens with zero attached hydrogens (tertiary/aromatic N) is 2. The van der Waals surface area contributed by atoms with E-state index in [2.05, 4.69) is 15.6 Å². The van der Waals surface area contributed by atoms with E-state index in [-0.39, 0.29) is 5.75 Å². The molecule has 0 heterocycles. The van der Waals surface area contributed by atoms with Crippen molar-refractivity contribution in [2.75, 3.05) is 45.6 Å². The van der Waals surface area contributed by atoms with Crippen LogP contribution >= 0.6 is 0 Å². The minimum absolute atomic E-state index is 0.123. The Balaban J connectivity index is 2.33. The number of sulfonamides is 1. The first-order valence-corrected chi connectivity index (χ1v) is 10.7. The summed E-state index contributed by atoms with van der Waals surface area (Å²) in [6, 6.07) is 7.94. The van der Waals surface area contributed by atoms with Crippen molar-refractivity contribution in [3.8, 4) is 5.75 Å². The van der Waals surface area contributed by atoms with Gasteiger partial charge < -0.3 is 15.4 Å². The van der Waals surface area contributed by atoms with Crippen molar-refractivity contribution in [3.05, 3.63) is 29.8 Å². The number of hydrogen-bond donors (Lipinski definition) is 2. The van der Waals surface area contributed by atoms with Crippen LogP contribution in [-0.2, 0) is 10.0 Å². The van der Waals surface area contributed by atoms with Crippen LogP contribution in [0.1, 0.15) is 25.8 Å². The van der Waals surface area contributed by atoms with E-state index in [9.17, 15) is 8.42 Å². The highest BCUT2D eigenvalue weighted by molar-refractivity contribution is 7.89. The van der Waals surface area contributed by atoms with E-state index < -0.39 is 10.0 Å². The van der Waals surface area contributed by atoms with E-state index in [1.807, 2.05) is 38.1 Å². The minimum Gasteiger partial charge on any atom is -0.492 e. The maximum atomic E-state index is 11.7. The van der Waals surface area contributed by atoms with Crippen molar-refractivity contribution in [1.29, 1.82) is 0 Å². The lowest BCUT2D eigenvalue weighted by Crippen LogP contribution is -2.39. The summed E-state index contributed by atoms with van der Waals surface area (Å²) in [7, 11) is -1.51. The summed E-state index contributed by atoms with van der Waals surface area (Å²) in [6.07, 6.45) is 0.673. The largest absolute Gasteiger partial charge is 0.492 e. The van der Waals surface area contributed by atoms with Gasteiger partial charge in [0.25, 0.3) is 0 Å². The van der Waals surface area contributed by atoms with Crippen molar-refractivity contribution in [2.24, 2.45) is 4.99 Å². The maximum Gasteiger partial charge on any atom is 0.213 e. The van der Waals surface area contributed by atoms with Gasteiger partial charge in [0.05, 0.1) is 12.3 Å². The zero-order valence-electron chi connectivity index (χ0n) is 16.3. The van der Waals surface area contributed by atoms with Gasteiger partial charge >= 0.3 is 0 Å². The Labute approximate surface area is 157 Å². The number of aryl methyl sites for hydroxylation is 1. The molecule has 0 saturated heterocycles. The molecular formula is C18H32N4O3S. The van der Waals surface area contributed by atoms with E-state index >= 15 is 0 Å². The van der Waals surface area contributed by atoms with Gasteiger partial charge in [-0.15, -0.1) is 0 Å². The number of nitrogens with one attached hydrogen (secondary N) is 2. The van der Waals surface area contributed by atoms with E-state index in [0.717, 1.165) is 12.3 Å². The van der Waals surface area contributed by atoms with Crippen molar-refractivity contribution in [2.45, 2.75) is 27.2 Å². The molecular weight excluding hydrogens is 352 g/mol. The number of hydrogen-bond acceptors (Lipinski definition) is 4. The molecule has 7 nitrogen and oxygen atoms in total. The zero-order valence-corrected chi connectivity index (χ0v) is 17.1.